The van der Waals surface area contributed by atoms with Crippen LogP contribution in [0.4, 0.5) is 26.7 Å². The van der Waals surface area contributed by atoms with E-state index in [4.69, 9.17) is 14.0 Å². The first kappa shape index (κ1) is 36.2. The number of carbonyl (C=O) groups is 3. The standard InChI is InChI=1S/C35H48N6O7/c1-22-19-41(23(2)21-42)33(43)29-18-28(37-34(44)36-27-13-8-7-9-14-27)15-16-30(29)47-24(3)12-10-11-17-46-31(22)20-40(6)35(45)38-32-25(4)39-48-26(32)5/h7-9,13-16,18,22-24,31,42H,10-12,17,19-21H2,1-6H3,(H,38,45)(H2,36,37,44)/t22-,23+,24+,31+/m0/s1. The summed E-state index contributed by atoms with van der Waals surface area (Å²) in [7, 11) is 1.69. The van der Waals surface area contributed by atoms with Crippen LogP contribution in [-0.2, 0) is 4.74 Å². The summed E-state index contributed by atoms with van der Waals surface area (Å²) in [6.07, 6.45) is 1.73. The maximum Gasteiger partial charge on any atom is 0.323 e. The molecule has 0 radical (unpaired) electrons. The summed E-state index contributed by atoms with van der Waals surface area (Å²) in [6.45, 7) is 9.86. The Morgan fingerprint density at radius 2 is 1.79 bits per heavy atom. The Hall–Kier alpha value is -4.62. The first-order chi connectivity index (χ1) is 23.0. The summed E-state index contributed by atoms with van der Waals surface area (Å²) >= 11 is 0. The third-order valence-electron chi connectivity index (χ3n) is 8.41. The van der Waals surface area contributed by atoms with E-state index in [1.54, 1.807) is 68.0 Å². The number of hydrogen-bond acceptors (Lipinski definition) is 8. The summed E-state index contributed by atoms with van der Waals surface area (Å²) in [5.74, 6) is 0.307. The van der Waals surface area contributed by atoms with Crippen LogP contribution >= 0.6 is 0 Å². The SMILES string of the molecule is Cc1noc(C)c1NC(=O)N(C)C[C@H]1OCCCC[C@@H](C)Oc2ccc(NC(=O)Nc3ccccc3)cc2C(=O)N([C@H](C)CO)C[C@@H]1C. The zero-order valence-corrected chi connectivity index (χ0v) is 28.6. The highest BCUT2D eigenvalue weighted by Gasteiger charge is 2.31. The largest absolute Gasteiger partial charge is 0.490 e. The van der Waals surface area contributed by atoms with Crippen molar-refractivity contribution in [3.63, 3.8) is 0 Å². The van der Waals surface area contributed by atoms with E-state index < -0.39 is 18.2 Å². The molecule has 0 spiro atoms. The normalized spacial score (nSPS) is 19.7. The van der Waals surface area contributed by atoms with Gasteiger partial charge in [0.05, 0.1) is 30.4 Å². The van der Waals surface area contributed by atoms with E-state index in [1.165, 1.54) is 0 Å². The molecular formula is C35H48N6O7. The van der Waals surface area contributed by atoms with Crippen molar-refractivity contribution in [2.75, 3.05) is 49.3 Å². The molecule has 0 saturated heterocycles. The topological polar surface area (TPSA) is 158 Å². The Morgan fingerprint density at radius 3 is 2.48 bits per heavy atom. The summed E-state index contributed by atoms with van der Waals surface area (Å²) in [5.41, 5.74) is 2.41. The fraction of sp³-hybridized carbons (Fsp3) is 0.486. The van der Waals surface area contributed by atoms with Gasteiger partial charge in [0.25, 0.3) is 5.91 Å². The molecule has 2 heterocycles. The lowest BCUT2D eigenvalue weighted by Gasteiger charge is -2.35. The molecule has 0 fully saturated rings. The average Bonchev–Trinajstić information content (AvgIpc) is 3.38. The minimum absolute atomic E-state index is 0.197. The van der Waals surface area contributed by atoms with Crippen LogP contribution < -0.4 is 20.7 Å². The number of aryl methyl sites for hydroxylation is 2. The molecule has 5 amide bonds. The van der Waals surface area contributed by atoms with E-state index in [2.05, 4.69) is 21.1 Å². The number of rotatable bonds is 7. The third-order valence-corrected chi connectivity index (χ3v) is 8.41. The lowest BCUT2D eigenvalue weighted by Crippen LogP contribution is -2.48. The van der Waals surface area contributed by atoms with E-state index in [0.29, 0.717) is 40.9 Å². The van der Waals surface area contributed by atoms with Crippen molar-refractivity contribution < 1.29 is 33.5 Å². The third kappa shape index (κ3) is 9.71. The second-order valence-corrected chi connectivity index (χ2v) is 12.5. The maximum absolute atomic E-state index is 14.3. The summed E-state index contributed by atoms with van der Waals surface area (Å²) in [4.78, 5) is 43.4. The molecule has 2 aromatic carbocycles. The molecule has 0 aliphatic carbocycles. The van der Waals surface area contributed by atoms with Gasteiger partial charge in [-0.05, 0) is 77.3 Å². The first-order valence-electron chi connectivity index (χ1n) is 16.4. The van der Waals surface area contributed by atoms with Crippen LogP contribution in [0.25, 0.3) is 0 Å². The summed E-state index contributed by atoms with van der Waals surface area (Å²) in [6, 6.07) is 12.7. The van der Waals surface area contributed by atoms with Gasteiger partial charge in [0.2, 0.25) is 0 Å². The molecule has 4 atom stereocenters. The number of amides is 5. The first-order valence-corrected chi connectivity index (χ1v) is 16.4. The number of nitrogens with zero attached hydrogens (tertiary/aromatic N) is 3. The van der Waals surface area contributed by atoms with Gasteiger partial charge in [0.1, 0.15) is 17.1 Å². The molecule has 0 saturated carbocycles. The molecule has 1 aliphatic heterocycles. The number of ether oxygens (including phenoxy) is 2. The maximum atomic E-state index is 14.3. The molecule has 1 aromatic heterocycles. The fourth-order valence-corrected chi connectivity index (χ4v) is 5.49. The van der Waals surface area contributed by atoms with Gasteiger partial charge in [0, 0.05) is 44.0 Å². The van der Waals surface area contributed by atoms with E-state index in [9.17, 15) is 19.5 Å². The van der Waals surface area contributed by atoms with Gasteiger partial charge in [-0.25, -0.2) is 9.59 Å². The number of fused-ring (bicyclic) bond motifs is 1. The number of hydrogen-bond donors (Lipinski definition) is 4. The smallest absolute Gasteiger partial charge is 0.323 e. The zero-order chi connectivity index (χ0) is 34.8. The fourth-order valence-electron chi connectivity index (χ4n) is 5.49. The number of anilines is 3. The number of aliphatic hydroxyl groups is 1. The number of urea groups is 2. The number of benzene rings is 2. The molecule has 3 aromatic rings. The van der Waals surface area contributed by atoms with E-state index >= 15 is 0 Å². The molecule has 48 heavy (non-hydrogen) atoms. The van der Waals surface area contributed by atoms with Crippen LogP contribution in [-0.4, -0.2) is 89.6 Å². The van der Waals surface area contributed by atoms with Gasteiger partial charge in [-0.3, -0.25) is 4.79 Å². The average molecular weight is 665 g/mol. The molecule has 0 unspecified atom stereocenters. The van der Waals surface area contributed by atoms with Crippen molar-refractivity contribution in [2.24, 2.45) is 5.92 Å². The number of para-hydroxylation sites is 1. The van der Waals surface area contributed by atoms with Crippen LogP contribution in [0.15, 0.2) is 53.1 Å². The summed E-state index contributed by atoms with van der Waals surface area (Å²) in [5, 5.41) is 22.6. The van der Waals surface area contributed by atoms with Crippen LogP contribution in [0.3, 0.4) is 0 Å². The van der Waals surface area contributed by atoms with Gasteiger partial charge in [0.15, 0.2) is 5.76 Å². The molecule has 1 aliphatic rings. The Morgan fingerprint density at radius 1 is 1.06 bits per heavy atom. The lowest BCUT2D eigenvalue weighted by atomic mass is 10.0. The van der Waals surface area contributed by atoms with Crippen molar-refractivity contribution in [1.29, 1.82) is 0 Å². The highest BCUT2D eigenvalue weighted by Crippen LogP contribution is 2.29. The number of nitrogens with one attached hydrogen (secondary N) is 3. The number of likely N-dealkylation sites (N-methyl/N-ethyl adjacent to an activating group) is 1. The van der Waals surface area contributed by atoms with Gasteiger partial charge in [-0.2, -0.15) is 0 Å². The zero-order valence-electron chi connectivity index (χ0n) is 28.6. The van der Waals surface area contributed by atoms with Crippen molar-refractivity contribution in [3.8, 4) is 5.75 Å². The highest BCUT2D eigenvalue weighted by atomic mass is 16.5. The minimum Gasteiger partial charge on any atom is -0.490 e. The quantitative estimate of drug-likeness (QED) is 0.243. The van der Waals surface area contributed by atoms with E-state index in [1.807, 2.05) is 32.0 Å². The summed E-state index contributed by atoms with van der Waals surface area (Å²) < 4.78 is 17.8. The monoisotopic (exact) mass is 664 g/mol. The Bertz CT molecular complexity index is 1510. The van der Waals surface area contributed by atoms with E-state index in [-0.39, 0.29) is 49.2 Å². The van der Waals surface area contributed by atoms with Crippen molar-refractivity contribution in [2.45, 2.75) is 72.1 Å². The van der Waals surface area contributed by atoms with Gasteiger partial charge in [-0.15, -0.1) is 0 Å². The van der Waals surface area contributed by atoms with Crippen molar-refractivity contribution >= 4 is 35.0 Å². The van der Waals surface area contributed by atoms with E-state index in [0.717, 1.165) is 19.3 Å². The van der Waals surface area contributed by atoms with Crippen molar-refractivity contribution in [3.05, 3.63) is 65.5 Å². The number of carbonyl (C=O) groups excluding carboxylic acids is 3. The predicted molar refractivity (Wildman–Crippen MR) is 184 cm³/mol. The van der Waals surface area contributed by atoms with Gasteiger partial charge < -0.3 is 44.9 Å². The molecule has 0 bridgehead atoms. The number of aliphatic hydroxyl groups excluding tert-OH is 1. The molecule has 13 heteroatoms. The molecule has 4 rings (SSSR count). The number of aromatic nitrogens is 1. The van der Waals surface area contributed by atoms with Crippen LogP contribution in [0.5, 0.6) is 5.75 Å². The van der Waals surface area contributed by atoms with Gasteiger partial charge in [-0.1, -0.05) is 30.3 Å². The highest BCUT2D eigenvalue weighted by molar-refractivity contribution is 6.02. The second kappa shape index (κ2) is 17.0. The van der Waals surface area contributed by atoms with Crippen molar-refractivity contribution in [1.82, 2.24) is 15.0 Å². The molecular weight excluding hydrogens is 616 g/mol. The Kier molecular flexibility index (Phi) is 12.8. The molecule has 4 N–H and O–H groups in total. The second-order valence-electron chi connectivity index (χ2n) is 12.5. The molecule has 13 nitrogen and oxygen atoms in total. The van der Waals surface area contributed by atoms with Crippen LogP contribution in [0.2, 0.25) is 0 Å². The molecule has 260 valence electrons. The Balaban J connectivity index is 1.58. The lowest BCUT2D eigenvalue weighted by molar-refractivity contribution is -0.0115. The van der Waals surface area contributed by atoms with Crippen LogP contribution in [0.1, 0.15) is 61.8 Å². The minimum atomic E-state index is -0.544. The van der Waals surface area contributed by atoms with Crippen LogP contribution in [0, 0.1) is 19.8 Å². The predicted octanol–water partition coefficient (Wildman–Crippen LogP) is 5.89. The Labute approximate surface area is 281 Å². The van der Waals surface area contributed by atoms with Gasteiger partial charge >= 0.3 is 12.1 Å².